The molecule has 0 rings (SSSR count). The molecule has 0 radical (unpaired) electrons. The van der Waals surface area contributed by atoms with E-state index in [1.54, 1.807) is 13.8 Å². The second-order valence-corrected chi connectivity index (χ2v) is 5.22. The Balaban J connectivity index is 4.59. The molecule has 1 N–H and O–H groups in total. The summed E-state index contributed by atoms with van der Waals surface area (Å²) in [7, 11) is 0. The minimum Gasteiger partial charge on any atom is -0.464 e. The van der Waals surface area contributed by atoms with Gasteiger partial charge in [-0.2, -0.15) is 0 Å². The number of nitrogens with one attached hydrogen (secondary N) is 1. The Hall–Kier alpha value is -1.79. The van der Waals surface area contributed by atoms with Gasteiger partial charge >= 0.3 is 18.0 Å². The van der Waals surface area contributed by atoms with Gasteiger partial charge in [0.1, 0.15) is 0 Å². The molecule has 0 aromatic carbocycles. The average Bonchev–Trinajstić information content (AvgIpc) is 2.33. The van der Waals surface area contributed by atoms with Gasteiger partial charge in [-0.3, -0.25) is 5.32 Å². The van der Waals surface area contributed by atoms with Crippen LogP contribution in [0, 0.1) is 5.41 Å². The van der Waals surface area contributed by atoms with Gasteiger partial charge in [0.15, 0.2) is 0 Å². The summed E-state index contributed by atoms with van der Waals surface area (Å²) in [6, 6.07) is -1.51. The highest BCUT2D eigenvalue weighted by Crippen LogP contribution is 2.12. The van der Waals surface area contributed by atoms with Crippen LogP contribution in [-0.2, 0) is 23.8 Å². The molecule has 0 bridgehead atoms. The molecule has 0 heterocycles. The Bertz CT molecular complexity index is 329. The number of rotatable bonds is 6. The molecule has 0 spiro atoms. The third kappa shape index (κ3) is 7.60. The summed E-state index contributed by atoms with van der Waals surface area (Å²) < 4.78 is 14.3. The van der Waals surface area contributed by atoms with Gasteiger partial charge in [0, 0.05) is 0 Å². The topological polar surface area (TPSA) is 90.9 Å². The molecule has 0 atom stereocenters. The maximum absolute atomic E-state index is 11.6. The highest BCUT2D eigenvalue weighted by molar-refractivity contribution is 6.01. The average molecular weight is 289 g/mol. The van der Waals surface area contributed by atoms with Crippen molar-refractivity contribution in [1.29, 1.82) is 0 Å². The summed E-state index contributed by atoms with van der Waals surface area (Å²) in [5.41, 5.74) is -0.222. The molecule has 0 saturated carbocycles. The van der Waals surface area contributed by atoms with E-state index in [4.69, 9.17) is 14.2 Å². The molecule has 0 aliphatic carbocycles. The van der Waals surface area contributed by atoms with Gasteiger partial charge in [-0.1, -0.05) is 20.8 Å². The predicted molar refractivity (Wildman–Crippen MR) is 71.0 cm³/mol. The summed E-state index contributed by atoms with van der Waals surface area (Å²) >= 11 is 0. The van der Waals surface area contributed by atoms with Crippen molar-refractivity contribution in [2.24, 2.45) is 5.41 Å². The number of amides is 1. The zero-order valence-corrected chi connectivity index (χ0v) is 12.6. The maximum atomic E-state index is 11.6. The van der Waals surface area contributed by atoms with Crippen LogP contribution in [0.1, 0.15) is 34.6 Å². The largest absolute Gasteiger partial charge is 0.464 e. The number of alkyl carbamates (subject to hydrolysis) is 1. The van der Waals surface area contributed by atoms with Crippen LogP contribution < -0.4 is 5.32 Å². The van der Waals surface area contributed by atoms with Crippen LogP contribution in [0.4, 0.5) is 4.79 Å². The van der Waals surface area contributed by atoms with Crippen LogP contribution >= 0.6 is 0 Å². The molecule has 0 aliphatic heterocycles. The lowest BCUT2D eigenvalue weighted by molar-refractivity contribution is -0.157. The summed E-state index contributed by atoms with van der Waals surface area (Å²) in [6.07, 6.45) is -0.869. The Morgan fingerprint density at radius 1 is 0.950 bits per heavy atom. The van der Waals surface area contributed by atoms with E-state index in [0.717, 1.165) is 0 Å². The van der Waals surface area contributed by atoms with E-state index in [1.807, 2.05) is 20.8 Å². The maximum Gasteiger partial charge on any atom is 0.408 e. The van der Waals surface area contributed by atoms with Crippen molar-refractivity contribution >= 4 is 18.0 Å². The third-order valence-corrected chi connectivity index (χ3v) is 1.94. The normalized spacial score (nSPS) is 10.9. The van der Waals surface area contributed by atoms with Gasteiger partial charge in [-0.05, 0) is 19.3 Å². The van der Waals surface area contributed by atoms with Gasteiger partial charge in [0.2, 0.25) is 6.04 Å². The Kier molecular flexibility index (Phi) is 7.64. The van der Waals surface area contributed by atoms with E-state index in [1.165, 1.54) is 0 Å². The number of hydrogen-bond acceptors (Lipinski definition) is 6. The molecule has 0 saturated heterocycles. The summed E-state index contributed by atoms with van der Waals surface area (Å²) in [4.78, 5) is 34.8. The predicted octanol–water partition coefficient (Wildman–Crippen LogP) is 1.25. The van der Waals surface area contributed by atoms with Crippen molar-refractivity contribution in [2.75, 3.05) is 19.8 Å². The number of carbonyl (C=O) groups is 3. The summed E-state index contributed by atoms with van der Waals surface area (Å²) in [5.74, 6) is -1.75. The molecule has 0 aromatic heterocycles. The molecule has 20 heavy (non-hydrogen) atoms. The fourth-order valence-electron chi connectivity index (χ4n) is 1.11. The Morgan fingerprint density at radius 2 is 1.40 bits per heavy atom. The first-order valence-electron chi connectivity index (χ1n) is 6.47. The fraction of sp³-hybridized carbons (Fsp3) is 0.769. The quantitative estimate of drug-likeness (QED) is 0.449. The molecule has 0 aliphatic rings. The van der Waals surface area contributed by atoms with Crippen molar-refractivity contribution in [3.63, 3.8) is 0 Å². The summed E-state index contributed by atoms with van der Waals surface area (Å²) in [6.45, 7) is 9.17. The molecule has 0 unspecified atom stereocenters. The van der Waals surface area contributed by atoms with Gasteiger partial charge in [0.25, 0.3) is 0 Å². The molecule has 1 amide bonds. The number of ether oxygens (including phenoxy) is 3. The highest BCUT2D eigenvalue weighted by atomic mass is 16.6. The molecular weight excluding hydrogens is 266 g/mol. The molecule has 7 nitrogen and oxygen atoms in total. The van der Waals surface area contributed by atoms with Crippen LogP contribution in [0.3, 0.4) is 0 Å². The minimum absolute atomic E-state index is 0.0907. The molecular formula is C13H23NO6. The number of carbonyl (C=O) groups excluding carboxylic acids is 3. The first kappa shape index (κ1) is 18.2. The first-order valence-corrected chi connectivity index (χ1v) is 6.47. The summed E-state index contributed by atoms with van der Waals surface area (Å²) in [5, 5.41) is 2.15. The Morgan fingerprint density at radius 3 is 1.75 bits per heavy atom. The zero-order chi connectivity index (χ0) is 15.8. The van der Waals surface area contributed by atoms with E-state index in [9.17, 15) is 14.4 Å². The van der Waals surface area contributed by atoms with Crippen LogP contribution in [0.2, 0.25) is 0 Å². The molecule has 116 valence electrons. The van der Waals surface area contributed by atoms with Crippen LogP contribution in [0.15, 0.2) is 0 Å². The molecule has 0 aromatic rings. The lowest BCUT2D eigenvalue weighted by Crippen LogP contribution is -2.48. The fourth-order valence-corrected chi connectivity index (χ4v) is 1.11. The monoisotopic (exact) mass is 289 g/mol. The van der Waals surface area contributed by atoms with Gasteiger partial charge in [-0.15, -0.1) is 0 Å². The van der Waals surface area contributed by atoms with Crippen molar-refractivity contribution < 1.29 is 28.6 Å². The molecule has 0 fully saturated rings. The van der Waals surface area contributed by atoms with Crippen molar-refractivity contribution in [3.05, 3.63) is 0 Å². The smallest absolute Gasteiger partial charge is 0.408 e. The van der Waals surface area contributed by atoms with Crippen LogP contribution in [0.25, 0.3) is 0 Å². The van der Waals surface area contributed by atoms with Gasteiger partial charge in [-0.25, -0.2) is 14.4 Å². The van der Waals surface area contributed by atoms with E-state index in [-0.39, 0.29) is 25.2 Å². The minimum atomic E-state index is -1.51. The van der Waals surface area contributed by atoms with Gasteiger partial charge in [0.05, 0.1) is 19.8 Å². The van der Waals surface area contributed by atoms with Crippen molar-refractivity contribution in [1.82, 2.24) is 5.32 Å². The van der Waals surface area contributed by atoms with Gasteiger partial charge < -0.3 is 14.2 Å². The van der Waals surface area contributed by atoms with E-state index in [2.05, 4.69) is 5.32 Å². The number of hydrogen-bond donors (Lipinski definition) is 1. The lowest BCUT2D eigenvalue weighted by Gasteiger charge is -2.20. The Labute approximate surface area is 118 Å². The van der Waals surface area contributed by atoms with Crippen LogP contribution in [-0.4, -0.2) is 43.9 Å². The van der Waals surface area contributed by atoms with Crippen LogP contribution in [0.5, 0.6) is 0 Å². The SMILES string of the molecule is CCOC(=O)C(NC(=O)OCC(C)(C)C)C(=O)OCC. The first-order chi connectivity index (χ1) is 9.21. The second kappa shape index (κ2) is 8.39. The zero-order valence-electron chi connectivity index (χ0n) is 12.6. The highest BCUT2D eigenvalue weighted by Gasteiger charge is 2.32. The van der Waals surface area contributed by atoms with Crippen molar-refractivity contribution in [2.45, 2.75) is 40.7 Å². The standard InChI is InChI=1S/C13H23NO6/c1-6-18-10(15)9(11(16)19-7-2)14-12(17)20-8-13(3,4)5/h9H,6-8H2,1-5H3,(H,14,17). The van der Waals surface area contributed by atoms with E-state index < -0.39 is 24.1 Å². The van der Waals surface area contributed by atoms with E-state index in [0.29, 0.717) is 0 Å². The lowest BCUT2D eigenvalue weighted by atomic mass is 9.99. The molecule has 7 heteroatoms. The van der Waals surface area contributed by atoms with Crippen molar-refractivity contribution in [3.8, 4) is 0 Å². The third-order valence-electron chi connectivity index (χ3n) is 1.94. The van der Waals surface area contributed by atoms with E-state index >= 15 is 0 Å². The number of esters is 2. The second-order valence-electron chi connectivity index (χ2n) is 5.22.